The van der Waals surface area contributed by atoms with Gasteiger partial charge in [-0.05, 0) is 52.0 Å². The second kappa shape index (κ2) is 10.2. The van der Waals surface area contributed by atoms with Gasteiger partial charge in [0, 0.05) is 20.9 Å². The molecule has 0 radical (unpaired) electrons. The summed E-state index contributed by atoms with van der Waals surface area (Å²) in [7, 11) is 3.07. The van der Waals surface area contributed by atoms with Crippen LogP contribution in [0.1, 0.15) is 48.4 Å². The number of benzene rings is 2. The predicted molar refractivity (Wildman–Crippen MR) is 112 cm³/mol. The Morgan fingerprint density at radius 3 is 1.34 bits per heavy atom. The topological polar surface area (TPSA) is 71.1 Å². The zero-order valence-corrected chi connectivity index (χ0v) is 18.3. The molecule has 2 aromatic rings. The van der Waals surface area contributed by atoms with Crippen LogP contribution in [0, 0.1) is 0 Å². The first-order chi connectivity index (χ1) is 13.8. The standard InChI is InChI=1S/C22H26O6S/c1-13(2)27-19-7-15(11-23)21(9-17(19)25-5)29-22-10-18(26-6)20(28-14(3)4)8-16(22)12-24/h7-14H,1-6H3. The molecule has 0 fully saturated rings. The lowest BCUT2D eigenvalue weighted by Crippen LogP contribution is -2.08. The molecule has 0 amide bonds. The molecule has 0 aromatic heterocycles. The van der Waals surface area contributed by atoms with Gasteiger partial charge >= 0.3 is 0 Å². The van der Waals surface area contributed by atoms with Crippen molar-refractivity contribution in [2.75, 3.05) is 14.2 Å². The van der Waals surface area contributed by atoms with Gasteiger partial charge in [-0.25, -0.2) is 0 Å². The minimum atomic E-state index is -0.0682. The van der Waals surface area contributed by atoms with Crippen molar-refractivity contribution < 1.29 is 28.5 Å². The van der Waals surface area contributed by atoms with Crippen molar-refractivity contribution in [2.45, 2.75) is 49.7 Å². The van der Waals surface area contributed by atoms with Crippen LogP contribution in [0.4, 0.5) is 0 Å². The van der Waals surface area contributed by atoms with E-state index in [-0.39, 0.29) is 12.2 Å². The first kappa shape index (κ1) is 22.6. The van der Waals surface area contributed by atoms with Crippen LogP contribution >= 0.6 is 11.8 Å². The summed E-state index contributed by atoms with van der Waals surface area (Å²) >= 11 is 1.27. The number of methoxy groups -OCH3 is 2. The molecule has 7 heteroatoms. The maximum absolute atomic E-state index is 11.7. The molecule has 0 aliphatic carbocycles. The average Bonchev–Trinajstić information content (AvgIpc) is 2.68. The van der Waals surface area contributed by atoms with Crippen molar-refractivity contribution >= 4 is 24.3 Å². The van der Waals surface area contributed by atoms with Crippen LogP contribution < -0.4 is 18.9 Å². The van der Waals surface area contributed by atoms with Crippen molar-refractivity contribution in [3.63, 3.8) is 0 Å². The summed E-state index contributed by atoms with van der Waals surface area (Å²) in [5.74, 6) is 1.99. The van der Waals surface area contributed by atoms with Crippen LogP contribution in [0.25, 0.3) is 0 Å². The van der Waals surface area contributed by atoms with Crippen molar-refractivity contribution in [1.29, 1.82) is 0 Å². The van der Waals surface area contributed by atoms with Crippen LogP contribution in [0.2, 0.25) is 0 Å². The van der Waals surface area contributed by atoms with E-state index in [4.69, 9.17) is 18.9 Å². The molecule has 0 saturated carbocycles. The van der Waals surface area contributed by atoms with Crippen LogP contribution in [0.3, 0.4) is 0 Å². The fourth-order valence-corrected chi connectivity index (χ4v) is 3.62. The number of carbonyl (C=O) groups excluding carboxylic acids is 2. The Kier molecular flexibility index (Phi) is 7.96. The zero-order chi connectivity index (χ0) is 21.6. The number of rotatable bonds is 10. The van der Waals surface area contributed by atoms with Gasteiger partial charge in [0.2, 0.25) is 0 Å². The fraction of sp³-hybridized carbons (Fsp3) is 0.364. The first-order valence-electron chi connectivity index (χ1n) is 9.18. The van der Waals surface area contributed by atoms with E-state index in [1.54, 1.807) is 24.3 Å². The molecule has 0 heterocycles. The Bertz CT molecular complexity index is 805. The van der Waals surface area contributed by atoms with Crippen LogP contribution in [-0.4, -0.2) is 39.0 Å². The molecule has 2 aromatic carbocycles. The van der Waals surface area contributed by atoms with E-state index >= 15 is 0 Å². The molecule has 0 spiro atoms. The van der Waals surface area contributed by atoms with E-state index in [0.29, 0.717) is 43.9 Å². The van der Waals surface area contributed by atoms with E-state index in [0.717, 1.165) is 12.6 Å². The van der Waals surface area contributed by atoms with Gasteiger partial charge < -0.3 is 18.9 Å². The molecule has 29 heavy (non-hydrogen) atoms. The minimum Gasteiger partial charge on any atom is -0.493 e. The molecular formula is C22H26O6S. The Morgan fingerprint density at radius 2 is 1.07 bits per heavy atom. The molecular weight excluding hydrogens is 392 g/mol. The van der Waals surface area contributed by atoms with E-state index in [2.05, 4.69) is 0 Å². The maximum atomic E-state index is 11.7. The quantitative estimate of drug-likeness (QED) is 0.500. The van der Waals surface area contributed by atoms with Crippen molar-refractivity contribution in [3.8, 4) is 23.0 Å². The lowest BCUT2D eigenvalue weighted by Gasteiger charge is -2.18. The van der Waals surface area contributed by atoms with E-state index in [1.165, 1.54) is 26.0 Å². The third-order valence-electron chi connectivity index (χ3n) is 3.79. The third-order valence-corrected chi connectivity index (χ3v) is 4.94. The summed E-state index contributed by atoms with van der Waals surface area (Å²) in [6.07, 6.45) is 1.37. The van der Waals surface area contributed by atoms with Gasteiger partial charge in [0.25, 0.3) is 0 Å². The Hall–Kier alpha value is -2.67. The third kappa shape index (κ3) is 5.67. The number of aldehydes is 2. The van der Waals surface area contributed by atoms with E-state index in [1.807, 2.05) is 27.7 Å². The van der Waals surface area contributed by atoms with Crippen LogP contribution in [0.5, 0.6) is 23.0 Å². The SMILES string of the molecule is COc1cc(Sc2cc(OC)c(OC(C)C)cc2C=O)c(C=O)cc1OC(C)C. The molecule has 2 rings (SSSR count). The molecule has 0 bridgehead atoms. The average molecular weight is 419 g/mol. The highest BCUT2D eigenvalue weighted by Gasteiger charge is 2.18. The summed E-state index contributed by atoms with van der Waals surface area (Å²) in [6.45, 7) is 7.58. The smallest absolute Gasteiger partial charge is 0.162 e. The van der Waals surface area contributed by atoms with Gasteiger partial charge in [-0.3, -0.25) is 9.59 Å². The summed E-state index contributed by atoms with van der Waals surface area (Å²) in [4.78, 5) is 24.6. The van der Waals surface area contributed by atoms with Crippen molar-refractivity contribution in [3.05, 3.63) is 35.4 Å². The predicted octanol–water partition coefficient (Wildman–Crippen LogP) is 5.05. The monoisotopic (exact) mass is 418 g/mol. The van der Waals surface area contributed by atoms with Gasteiger partial charge in [0.15, 0.2) is 35.6 Å². The van der Waals surface area contributed by atoms with Gasteiger partial charge in [-0.1, -0.05) is 11.8 Å². The normalized spacial score (nSPS) is 10.8. The summed E-state index contributed by atoms with van der Waals surface area (Å²) in [6, 6.07) is 6.74. The largest absolute Gasteiger partial charge is 0.493 e. The Labute approximate surface area is 175 Å². The van der Waals surface area contributed by atoms with Gasteiger partial charge in [0.1, 0.15) is 0 Å². The number of ether oxygens (including phenoxy) is 4. The van der Waals surface area contributed by atoms with E-state index in [9.17, 15) is 9.59 Å². The van der Waals surface area contributed by atoms with Gasteiger partial charge in [-0.15, -0.1) is 0 Å². The number of carbonyl (C=O) groups is 2. The van der Waals surface area contributed by atoms with Crippen molar-refractivity contribution in [1.82, 2.24) is 0 Å². The Morgan fingerprint density at radius 1 is 0.690 bits per heavy atom. The van der Waals surface area contributed by atoms with Gasteiger partial charge in [-0.2, -0.15) is 0 Å². The molecule has 0 saturated heterocycles. The fourth-order valence-electron chi connectivity index (χ4n) is 2.60. The van der Waals surface area contributed by atoms with E-state index < -0.39 is 0 Å². The molecule has 0 atom stereocenters. The molecule has 0 N–H and O–H groups in total. The first-order valence-corrected chi connectivity index (χ1v) is 10.00. The number of hydrogen-bond donors (Lipinski definition) is 0. The number of hydrogen-bond acceptors (Lipinski definition) is 7. The maximum Gasteiger partial charge on any atom is 0.162 e. The second-order valence-corrected chi connectivity index (χ2v) is 7.84. The second-order valence-electron chi connectivity index (χ2n) is 6.75. The van der Waals surface area contributed by atoms with Gasteiger partial charge in [0.05, 0.1) is 26.4 Å². The zero-order valence-electron chi connectivity index (χ0n) is 17.5. The summed E-state index contributed by atoms with van der Waals surface area (Å²) in [5.41, 5.74) is 0.870. The summed E-state index contributed by atoms with van der Waals surface area (Å²) in [5, 5.41) is 0. The molecule has 0 unspecified atom stereocenters. The summed E-state index contributed by atoms with van der Waals surface area (Å²) < 4.78 is 22.3. The van der Waals surface area contributed by atoms with Crippen LogP contribution in [-0.2, 0) is 0 Å². The van der Waals surface area contributed by atoms with Crippen LogP contribution in [0.15, 0.2) is 34.1 Å². The molecule has 156 valence electrons. The molecule has 6 nitrogen and oxygen atoms in total. The molecule has 0 aliphatic rings. The Balaban J connectivity index is 2.52. The highest BCUT2D eigenvalue weighted by Crippen LogP contribution is 2.42. The lowest BCUT2D eigenvalue weighted by molar-refractivity contribution is 0.111. The highest BCUT2D eigenvalue weighted by atomic mass is 32.2. The molecule has 0 aliphatic heterocycles. The lowest BCUT2D eigenvalue weighted by atomic mass is 10.2. The minimum absolute atomic E-state index is 0.0682. The highest BCUT2D eigenvalue weighted by molar-refractivity contribution is 7.99. The van der Waals surface area contributed by atoms with Crippen molar-refractivity contribution in [2.24, 2.45) is 0 Å².